The number of ether oxygens (including phenoxy) is 1. The van der Waals surface area contributed by atoms with Crippen LogP contribution in [0.25, 0.3) is 0 Å². The molecule has 0 saturated carbocycles. The molecule has 0 radical (unpaired) electrons. The lowest BCUT2D eigenvalue weighted by atomic mass is 10.2. The van der Waals surface area contributed by atoms with Crippen molar-refractivity contribution in [3.05, 3.63) is 77.7 Å². The molecule has 0 saturated heterocycles. The van der Waals surface area contributed by atoms with Gasteiger partial charge in [-0.3, -0.25) is 0 Å². The van der Waals surface area contributed by atoms with E-state index in [9.17, 15) is 21.2 Å². The molecule has 3 aromatic rings. The quantitative estimate of drug-likeness (QED) is 0.593. The fourth-order valence-corrected chi connectivity index (χ4v) is 4.59. The van der Waals surface area contributed by atoms with Crippen LogP contribution in [0.1, 0.15) is 11.1 Å². The first kappa shape index (κ1) is 21.9. The molecule has 158 valence electrons. The number of sulfonamides is 1. The number of benzene rings is 2. The first-order chi connectivity index (χ1) is 14.0. The second-order valence-corrected chi connectivity index (χ2v) is 10.3. The van der Waals surface area contributed by atoms with Gasteiger partial charge in [0.1, 0.15) is 11.6 Å². The van der Waals surface area contributed by atoms with Crippen LogP contribution < -0.4 is 9.46 Å². The normalized spacial score (nSPS) is 12.0. The van der Waals surface area contributed by atoms with Gasteiger partial charge in [0, 0.05) is 31.1 Å². The standard InChI is InChI=1S/C20H19FN2O5S2/c1-14-6-8-18(29(2,24)25)11-19(14)30(26,27)23-13-15-7-9-20(22-12-15)28-17-5-3-4-16(21)10-17/h3-12,23H,13H2,1-2H3. The van der Waals surface area contributed by atoms with Crippen molar-refractivity contribution >= 4 is 19.9 Å². The maximum atomic E-state index is 13.2. The molecule has 0 unspecified atom stereocenters. The van der Waals surface area contributed by atoms with Crippen LogP contribution in [-0.4, -0.2) is 28.1 Å². The second kappa shape index (κ2) is 8.50. The zero-order chi connectivity index (χ0) is 21.9. The van der Waals surface area contributed by atoms with E-state index >= 15 is 0 Å². The van der Waals surface area contributed by atoms with Crippen molar-refractivity contribution in [2.24, 2.45) is 0 Å². The molecular weight excluding hydrogens is 431 g/mol. The molecule has 0 atom stereocenters. The van der Waals surface area contributed by atoms with Crippen molar-refractivity contribution in [1.82, 2.24) is 9.71 Å². The van der Waals surface area contributed by atoms with E-state index in [-0.39, 0.29) is 28.0 Å². The molecule has 0 aliphatic carbocycles. The van der Waals surface area contributed by atoms with E-state index < -0.39 is 25.7 Å². The number of pyridine rings is 1. The summed E-state index contributed by atoms with van der Waals surface area (Å²) in [6.07, 6.45) is 2.44. The molecule has 30 heavy (non-hydrogen) atoms. The highest BCUT2D eigenvalue weighted by Gasteiger charge is 2.19. The molecule has 1 heterocycles. The van der Waals surface area contributed by atoms with Gasteiger partial charge in [-0.1, -0.05) is 18.2 Å². The van der Waals surface area contributed by atoms with Gasteiger partial charge in [-0.05, 0) is 42.3 Å². The molecule has 10 heteroatoms. The van der Waals surface area contributed by atoms with Gasteiger partial charge in [0.2, 0.25) is 15.9 Å². The van der Waals surface area contributed by atoms with Crippen LogP contribution in [0.15, 0.2) is 70.6 Å². The number of halogens is 1. The van der Waals surface area contributed by atoms with Crippen LogP contribution in [0.3, 0.4) is 0 Å². The van der Waals surface area contributed by atoms with Crippen molar-refractivity contribution in [3.8, 4) is 11.6 Å². The monoisotopic (exact) mass is 450 g/mol. The SMILES string of the molecule is Cc1ccc(S(C)(=O)=O)cc1S(=O)(=O)NCc1ccc(Oc2cccc(F)c2)nc1. The van der Waals surface area contributed by atoms with E-state index in [1.165, 1.54) is 42.6 Å². The maximum Gasteiger partial charge on any atom is 0.241 e. The number of aromatic nitrogens is 1. The highest BCUT2D eigenvalue weighted by atomic mass is 32.2. The summed E-state index contributed by atoms with van der Waals surface area (Å²) < 4.78 is 69.9. The highest BCUT2D eigenvalue weighted by molar-refractivity contribution is 7.91. The lowest BCUT2D eigenvalue weighted by Crippen LogP contribution is -2.24. The largest absolute Gasteiger partial charge is 0.439 e. The summed E-state index contributed by atoms with van der Waals surface area (Å²) >= 11 is 0. The fourth-order valence-electron chi connectivity index (χ4n) is 2.58. The van der Waals surface area contributed by atoms with Crippen LogP contribution in [0.4, 0.5) is 4.39 Å². The Hall–Kier alpha value is -2.82. The number of aryl methyl sites for hydroxylation is 1. The Morgan fingerprint density at radius 3 is 2.43 bits per heavy atom. The Bertz CT molecular complexity index is 1270. The summed E-state index contributed by atoms with van der Waals surface area (Å²) in [6.45, 7) is 1.53. The lowest BCUT2D eigenvalue weighted by molar-refractivity contribution is 0.457. The summed E-state index contributed by atoms with van der Waals surface area (Å²) in [4.78, 5) is 3.90. The smallest absolute Gasteiger partial charge is 0.241 e. The predicted octanol–water partition coefficient (Wildman–Crippen LogP) is 3.20. The Kier molecular flexibility index (Phi) is 6.20. The molecule has 0 bridgehead atoms. The Morgan fingerprint density at radius 1 is 1.03 bits per heavy atom. The van der Waals surface area contributed by atoms with Gasteiger partial charge >= 0.3 is 0 Å². The number of hydrogen-bond acceptors (Lipinski definition) is 6. The lowest BCUT2D eigenvalue weighted by Gasteiger charge is -2.11. The van der Waals surface area contributed by atoms with Gasteiger partial charge < -0.3 is 4.74 Å². The average Bonchev–Trinajstić information content (AvgIpc) is 2.67. The van der Waals surface area contributed by atoms with Gasteiger partial charge in [0.15, 0.2) is 9.84 Å². The van der Waals surface area contributed by atoms with Gasteiger partial charge in [-0.2, -0.15) is 0 Å². The zero-order valence-corrected chi connectivity index (χ0v) is 17.8. The van der Waals surface area contributed by atoms with Gasteiger partial charge in [-0.25, -0.2) is 30.9 Å². The molecule has 7 nitrogen and oxygen atoms in total. The summed E-state index contributed by atoms with van der Waals surface area (Å²) in [5, 5.41) is 0. The topological polar surface area (TPSA) is 102 Å². The van der Waals surface area contributed by atoms with Gasteiger partial charge in [-0.15, -0.1) is 0 Å². The number of hydrogen-bond donors (Lipinski definition) is 1. The summed E-state index contributed by atoms with van der Waals surface area (Å²) in [6, 6.07) is 12.7. The molecule has 2 aromatic carbocycles. The number of rotatable bonds is 7. The first-order valence-corrected chi connectivity index (χ1v) is 12.1. The van der Waals surface area contributed by atoms with Crippen molar-refractivity contribution in [2.45, 2.75) is 23.3 Å². The van der Waals surface area contributed by atoms with E-state index in [0.717, 1.165) is 12.3 Å². The maximum absolute atomic E-state index is 13.2. The molecule has 1 aromatic heterocycles. The predicted molar refractivity (Wildman–Crippen MR) is 109 cm³/mol. The Balaban J connectivity index is 1.72. The molecule has 0 amide bonds. The van der Waals surface area contributed by atoms with Crippen molar-refractivity contribution < 1.29 is 26.0 Å². The third-order valence-electron chi connectivity index (χ3n) is 4.16. The molecule has 0 spiro atoms. The zero-order valence-electron chi connectivity index (χ0n) is 16.2. The molecule has 3 rings (SSSR count). The summed E-state index contributed by atoms with van der Waals surface area (Å²) in [5.74, 6) is 0.0786. The number of sulfone groups is 1. The van der Waals surface area contributed by atoms with E-state index in [2.05, 4.69) is 9.71 Å². The van der Waals surface area contributed by atoms with Crippen molar-refractivity contribution in [2.75, 3.05) is 6.26 Å². The van der Waals surface area contributed by atoms with Crippen LogP contribution in [0.2, 0.25) is 0 Å². The third-order valence-corrected chi connectivity index (χ3v) is 6.81. The van der Waals surface area contributed by atoms with Crippen LogP contribution in [0.5, 0.6) is 11.6 Å². The Morgan fingerprint density at radius 2 is 1.80 bits per heavy atom. The number of nitrogens with one attached hydrogen (secondary N) is 1. The minimum absolute atomic E-state index is 0.0574. The molecule has 0 aliphatic heterocycles. The minimum Gasteiger partial charge on any atom is -0.439 e. The molecule has 1 N–H and O–H groups in total. The van der Waals surface area contributed by atoms with E-state index in [1.54, 1.807) is 19.1 Å². The van der Waals surface area contributed by atoms with Gasteiger partial charge in [0.25, 0.3) is 0 Å². The number of nitrogens with zero attached hydrogens (tertiary/aromatic N) is 1. The van der Waals surface area contributed by atoms with Crippen LogP contribution in [-0.2, 0) is 26.4 Å². The van der Waals surface area contributed by atoms with Gasteiger partial charge in [0.05, 0.1) is 9.79 Å². The molecule has 0 fully saturated rings. The Labute approximate surface area is 174 Å². The molecular formula is C20H19FN2O5S2. The molecule has 0 aliphatic rings. The average molecular weight is 451 g/mol. The second-order valence-electron chi connectivity index (χ2n) is 6.59. The van der Waals surface area contributed by atoms with Crippen molar-refractivity contribution in [3.63, 3.8) is 0 Å². The van der Waals surface area contributed by atoms with E-state index in [1.807, 2.05) is 0 Å². The third kappa shape index (κ3) is 5.41. The highest BCUT2D eigenvalue weighted by Crippen LogP contribution is 2.22. The first-order valence-electron chi connectivity index (χ1n) is 8.73. The van der Waals surface area contributed by atoms with Crippen LogP contribution >= 0.6 is 0 Å². The van der Waals surface area contributed by atoms with E-state index in [0.29, 0.717) is 11.1 Å². The summed E-state index contributed by atoms with van der Waals surface area (Å²) in [5.41, 5.74) is 0.981. The fraction of sp³-hybridized carbons (Fsp3) is 0.150. The minimum atomic E-state index is -3.95. The van der Waals surface area contributed by atoms with E-state index in [4.69, 9.17) is 4.74 Å². The summed E-state index contributed by atoms with van der Waals surface area (Å²) in [7, 11) is -7.49. The van der Waals surface area contributed by atoms with Crippen LogP contribution in [0, 0.1) is 12.7 Å². The van der Waals surface area contributed by atoms with Crippen molar-refractivity contribution in [1.29, 1.82) is 0 Å².